The molecule has 68 valence electrons. The molecule has 0 saturated heterocycles. The van der Waals surface area contributed by atoms with E-state index >= 15 is 0 Å². The van der Waals surface area contributed by atoms with E-state index in [0.717, 1.165) is 16.7 Å². The van der Waals surface area contributed by atoms with Crippen LogP contribution in [0.4, 0.5) is 4.39 Å². The maximum Gasteiger partial charge on any atom is 0.0873 e. The topological polar surface area (TPSA) is 0 Å². The number of benzene rings is 1. The second-order valence-corrected chi connectivity index (χ2v) is 3.13. The van der Waals surface area contributed by atoms with Crippen LogP contribution in [-0.4, -0.2) is 0 Å². The smallest absolute Gasteiger partial charge is 0.0873 e. The van der Waals surface area contributed by atoms with E-state index in [9.17, 15) is 4.39 Å². The standard InChI is InChI=1S/C11H10ClF/c1-3-9-6-8(2)11(12)7-10(9)4-5-13/h3-7H,1H2,2H3/b5-4-. The molecule has 0 unspecified atom stereocenters. The van der Waals surface area contributed by atoms with Crippen molar-refractivity contribution < 1.29 is 4.39 Å². The Labute approximate surface area is 82.3 Å². The van der Waals surface area contributed by atoms with Gasteiger partial charge in [0.05, 0.1) is 6.33 Å². The van der Waals surface area contributed by atoms with Crippen LogP contribution in [0.2, 0.25) is 5.02 Å². The molecule has 0 aromatic heterocycles. The predicted molar refractivity (Wildman–Crippen MR) is 56.4 cm³/mol. The number of hydrogen-bond donors (Lipinski definition) is 0. The minimum Gasteiger partial charge on any atom is -0.216 e. The highest BCUT2D eigenvalue weighted by Crippen LogP contribution is 2.22. The van der Waals surface area contributed by atoms with Gasteiger partial charge in [0.15, 0.2) is 0 Å². The molecule has 1 aromatic rings. The van der Waals surface area contributed by atoms with Crippen molar-refractivity contribution in [3.8, 4) is 0 Å². The second-order valence-electron chi connectivity index (χ2n) is 2.73. The van der Waals surface area contributed by atoms with Crippen LogP contribution in [-0.2, 0) is 0 Å². The Balaban J connectivity index is 3.32. The molecule has 0 bridgehead atoms. The summed E-state index contributed by atoms with van der Waals surface area (Å²) in [7, 11) is 0. The molecule has 0 amide bonds. The molecule has 0 fully saturated rings. The Morgan fingerprint density at radius 1 is 1.38 bits per heavy atom. The summed E-state index contributed by atoms with van der Waals surface area (Å²) in [5.41, 5.74) is 2.59. The largest absolute Gasteiger partial charge is 0.216 e. The van der Waals surface area contributed by atoms with Crippen molar-refractivity contribution in [3.05, 3.63) is 46.8 Å². The molecule has 0 aliphatic rings. The van der Waals surface area contributed by atoms with Gasteiger partial charge < -0.3 is 0 Å². The summed E-state index contributed by atoms with van der Waals surface area (Å²) in [6.45, 7) is 5.55. The van der Waals surface area contributed by atoms with E-state index in [1.54, 1.807) is 12.1 Å². The van der Waals surface area contributed by atoms with Crippen LogP contribution in [0, 0.1) is 6.92 Å². The maximum atomic E-state index is 12.0. The van der Waals surface area contributed by atoms with Gasteiger partial charge in [-0.1, -0.05) is 24.3 Å². The first-order chi connectivity index (χ1) is 6.19. The zero-order valence-corrected chi connectivity index (χ0v) is 8.11. The van der Waals surface area contributed by atoms with Gasteiger partial charge in [-0.3, -0.25) is 0 Å². The van der Waals surface area contributed by atoms with Crippen molar-refractivity contribution in [1.29, 1.82) is 0 Å². The lowest BCUT2D eigenvalue weighted by molar-refractivity contribution is 0.727. The lowest BCUT2D eigenvalue weighted by atomic mass is 10.0. The van der Waals surface area contributed by atoms with E-state index in [1.807, 2.05) is 13.0 Å². The minimum absolute atomic E-state index is 0.494. The molecule has 0 atom stereocenters. The highest BCUT2D eigenvalue weighted by atomic mass is 35.5. The Hall–Kier alpha value is -1.08. The molecular formula is C11H10ClF. The first-order valence-electron chi connectivity index (χ1n) is 3.88. The Bertz CT molecular complexity index is 353. The predicted octanol–water partition coefficient (Wildman–Crippen LogP) is 4.23. The molecule has 0 N–H and O–H groups in total. The van der Waals surface area contributed by atoms with Gasteiger partial charge in [-0.25, -0.2) is 4.39 Å². The second kappa shape index (κ2) is 4.24. The molecule has 0 radical (unpaired) electrons. The van der Waals surface area contributed by atoms with Gasteiger partial charge in [0.1, 0.15) is 0 Å². The molecule has 0 aliphatic heterocycles. The van der Waals surface area contributed by atoms with E-state index in [1.165, 1.54) is 6.08 Å². The fourth-order valence-corrected chi connectivity index (χ4v) is 1.28. The van der Waals surface area contributed by atoms with Gasteiger partial charge >= 0.3 is 0 Å². The first-order valence-corrected chi connectivity index (χ1v) is 4.26. The summed E-state index contributed by atoms with van der Waals surface area (Å²) in [5, 5.41) is 0.638. The van der Waals surface area contributed by atoms with Crippen LogP contribution in [0.5, 0.6) is 0 Å². The molecule has 0 heterocycles. The van der Waals surface area contributed by atoms with E-state index in [-0.39, 0.29) is 0 Å². The SMILES string of the molecule is C=Cc1cc(C)c(Cl)cc1/C=C\F. The first kappa shape index (κ1) is 10.0. The van der Waals surface area contributed by atoms with E-state index in [2.05, 4.69) is 6.58 Å². The van der Waals surface area contributed by atoms with Crippen LogP contribution in [0.3, 0.4) is 0 Å². The van der Waals surface area contributed by atoms with Crippen LogP contribution in [0.25, 0.3) is 12.2 Å². The zero-order chi connectivity index (χ0) is 9.84. The maximum absolute atomic E-state index is 12.0. The number of hydrogen-bond acceptors (Lipinski definition) is 0. The summed E-state index contributed by atoms with van der Waals surface area (Å²) >= 11 is 5.89. The lowest BCUT2D eigenvalue weighted by Gasteiger charge is -2.04. The quantitative estimate of drug-likeness (QED) is 0.664. The van der Waals surface area contributed by atoms with Gasteiger partial charge in [-0.05, 0) is 41.8 Å². The summed E-state index contributed by atoms with van der Waals surface area (Å²) < 4.78 is 12.0. The molecule has 1 rings (SSSR count). The number of rotatable bonds is 2. The van der Waals surface area contributed by atoms with E-state index < -0.39 is 0 Å². The van der Waals surface area contributed by atoms with Crippen molar-refractivity contribution in [1.82, 2.24) is 0 Å². The fourth-order valence-electron chi connectivity index (χ4n) is 1.11. The Morgan fingerprint density at radius 2 is 2.08 bits per heavy atom. The molecule has 0 saturated carbocycles. The number of aryl methyl sites for hydroxylation is 1. The van der Waals surface area contributed by atoms with Crippen LogP contribution < -0.4 is 0 Å². The van der Waals surface area contributed by atoms with Crippen LogP contribution >= 0.6 is 11.6 Å². The average molecular weight is 197 g/mol. The highest BCUT2D eigenvalue weighted by molar-refractivity contribution is 6.31. The normalized spacial score (nSPS) is 10.7. The summed E-state index contributed by atoms with van der Waals surface area (Å²) in [6.07, 6.45) is 3.54. The Kier molecular flexibility index (Phi) is 3.26. The molecule has 0 nitrogen and oxygen atoms in total. The van der Waals surface area contributed by atoms with Crippen molar-refractivity contribution >= 4 is 23.8 Å². The monoisotopic (exact) mass is 196 g/mol. The zero-order valence-electron chi connectivity index (χ0n) is 7.35. The van der Waals surface area contributed by atoms with Crippen LogP contribution in [0.15, 0.2) is 25.0 Å². The van der Waals surface area contributed by atoms with Gasteiger partial charge in [0.2, 0.25) is 0 Å². The third-order valence-corrected chi connectivity index (χ3v) is 2.23. The van der Waals surface area contributed by atoms with Crippen molar-refractivity contribution in [2.45, 2.75) is 6.92 Å². The highest BCUT2D eigenvalue weighted by Gasteiger charge is 2.00. The third kappa shape index (κ3) is 2.19. The van der Waals surface area contributed by atoms with Crippen molar-refractivity contribution in [2.75, 3.05) is 0 Å². The van der Waals surface area contributed by atoms with E-state index in [4.69, 9.17) is 11.6 Å². The lowest BCUT2D eigenvalue weighted by Crippen LogP contribution is -1.84. The molecule has 13 heavy (non-hydrogen) atoms. The minimum atomic E-state index is 0.494. The van der Waals surface area contributed by atoms with Gasteiger partial charge in [0, 0.05) is 5.02 Å². The third-order valence-electron chi connectivity index (χ3n) is 1.83. The fraction of sp³-hybridized carbons (Fsp3) is 0.0909. The van der Waals surface area contributed by atoms with Crippen molar-refractivity contribution in [2.24, 2.45) is 0 Å². The van der Waals surface area contributed by atoms with E-state index in [0.29, 0.717) is 11.4 Å². The summed E-state index contributed by atoms with van der Waals surface area (Å²) in [5.74, 6) is 0. The average Bonchev–Trinajstić information content (AvgIpc) is 2.11. The van der Waals surface area contributed by atoms with Gasteiger partial charge in [-0.15, -0.1) is 0 Å². The molecule has 2 heteroatoms. The molecular weight excluding hydrogens is 187 g/mol. The van der Waals surface area contributed by atoms with Gasteiger partial charge in [-0.2, -0.15) is 0 Å². The Morgan fingerprint density at radius 3 is 2.62 bits per heavy atom. The molecule has 0 spiro atoms. The molecule has 0 aliphatic carbocycles. The van der Waals surface area contributed by atoms with Gasteiger partial charge in [0.25, 0.3) is 0 Å². The summed E-state index contributed by atoms with van der Waals surface area (Å²) in [4.78, 5) is 0. The van der Waals surface area contributed by atoms with Crippen LogP contribution in [0.1, 0.15) is 16.7 Å². The summed E-state index contributed by atoms with van der Waals surface area (Å²) in [6, 6.07) is 3.61. The van der Waals surface area contributed by atoms with Crippen molar-refractivity contribution in [3.63, 3.8) is 0 Å². The molecule has 1 aromatic carbocycles. The number of halogens is 2.